The van der Waals surface area contributed by atoms with E-state index in [1.165, 1.54) is 12.8 Å². The third kappa shape index (κ3) is 6.48. The maximum atomic E-state index is 8.40. The van der Waals surface area contributed by atoms with Gasteiger partial charge >= 0.3 is 0 Å². The van der Waals surface area contributed by atoms with E-state index < -0.39 is 0 Å². The van der Waals surface area contributed by atoms with Gasteiger partial charge in [-0.25, -0.2) is 0 Å². The van der Waals surface area contributed by atoms with Crippen LogP contribution in [0.5, 0.6) is 0 Å². The summed E-state index contributed by atoms with van der Waals surface area (Å²) in [5.74, 6) is 1.02. The minimum Gasteiger partial charge on any atom is -0.409 e. The van der Waals surface area contributed by atoms with Gasteiger partial charge in [0.15, 0.2) is 0 Å². The van der Waals surface area contributed by atoms with Crippen molar-refractivity contribution in [2.75, 3.05) is 33.4 Å². The summed E-state index contributed by atoms with van der Waals surface area (Å²) in [5, 5.41) is 11.4. The van der Waals surface area contributed by atoms with E-state index in [1.807, 2.05) is 0 Å². The largest absolute Gasteiger partial charge is 0.409 e. The summed E-state index contributed by atoms with van der Waals surface area (Å²) in [7, 11) is 2.15. The van der Waals surface area contributed by atoms with Crippen LogP contribution < -0.4 is 5.73 Å². The molecule has 0 spiro atoms. The number of nitrogens with two attached hydrogens (primary N) is 1. The highest BCUT2D eigenvalue weighted by Gasteiger charge is 2.15. The lowest BCUT2D eigenvalue weighted by molar-refractivity contribution is 0.0419. The minimum atomic E-state index is 0.327. The fraction of sp³-hybridized carbons (Fsp3) is 0.917. The van der Waals surface area contributed by atoms with Crippen molar-refractivity contribution in [2.45, 2.75) is 32.1 Å². The van der Waals surface area contributed by atoms with Crippen molar-refractivity contribution in [3.63, 3.8) is 0 Å². The van der Waals surface area contributed by atoms with Gasteiger partial charge in [-0.2, -0.15) is 0 Å². The highest BCUT2D eigenvalue weighted by atomic mass is 16.5. The zero-order valence-electron chi connectivity index (χ0n) is 10.8. The van der Waals surface area contributed by atoms with Gasteiger partial charge < -0.3 is 20.6 Å². The molecule has 0 saturated carbocycles. The van der Waals surface area contributed by atoms with Crippen molar-refractivity contribution in [2.24, 2.45) is 16.8 Å². The van der Waals surface area contributed by atoms with Crippen molar-refractivity contribution in [3.05, 3.63) is 0 Å². The summed E-state index contributed by atoms with van der Waals surface area (Å²) >= 11 is 0. The lowest BCUT2D eigenvalue weighted by Crippen LogP contribution is -2.31. The molecular weight excluding hydrogens is 218 g/mol. The van der Waals surface area contributed by atoms with Crippen molar-refractivity contribution in [1.82, 2.24) is 4.90 Å². The number of hydrogen-bond acceptors (Lipinski definition) is 4. The van der Waals surface area contributed by atoms with Gasteiger partial charge in [0.2, 0.25) is 0 Å². The Morgan fingerprint density at radius 3 is 3.00 bits per heavy atom. The molecule has 3 N–H and O–H groups in total. The van der Waals surface area contributed by atoms with Gasteiger partial charge in [0.25, 0.3) is 0 Å². The van der Waals surface area contributed by atoms with Crippen LogP contribution in [0.1, 0.15) is 32.1 Å². The Morgan fingerprint density at radius 1 is 1.53 bits per heavy atom. The molecule has 1 unspecified atom stereocenters. The van der Waals surface area contributed by atoms with Crippen LogP contribution >= 0.6 is 0 Å². The third-order valence-corrected chi connectivity index (χ3v) is 3.18. The fourth-order valence-electron chi connectivity index (χ4n) is 2.22. The second-order valence-corrected chi connectivity index (χ2v) is 4.89. The van der Waals surface area contributed by atoms with Gasteiger partial charge in [0.1, 0.15) is 5.84 Å². The maximum Gasteiger partial charge on any atom is 0.139 e. The lowest BCUT2D eigenvalue weighted by atomic mass is 10.0. The molecule has 0 aliphatic carbocycles. The number of ether oxygens (including phenoxy) is 1. The van der Waals surface area contributed by atoms with Crippen LogP contribution in [-0.2, 0) is 4.74 Å². The Hall–Kier alpha value is -0.810. The molecule has 0 aromatic heterocycles. The highest BCUT2D eigenvalue weighted by Crippen LogP contribution is 2.14. The first-order valence-electron chi connectivity index (χ1n) is 6.45. The van der Waals surface area contributed by atoms with Crippen LogP contribution in [0, 0.1) is 5.92 Å². The summed E-state index contributed by atoms with van der Waals surface area (Å²) in [6.45, 7) is 4.02. The molecule has 0 radical (unpaired) electrons. The van der Waals surface area contributed by atoms with Crippen molar-refractivity contribution in [1.29, 1.82) is 0 Å². The Morgan fingerprint density at radius 2 is 2.35 bits per heavy atom. The van der Waals surface area contributed by atoms with E-state index in [9.17, 15) is 0 Å². The highest BCUT2D eigenvalue weighted by molar-refractivity contribution is 5.79. The predicted octanol–water partition coefficient (Wildman–Crippen LogP) is 1.26. The number of amidine groups is 1. The van der Waals surface area contributed by atoms with E-state index in [-0.39, 0.29) is 0 Å². The number of nitrogens with zero attached hydrogens (tertiary/aromatic N) is 2. The number of oxime groups is 1. The van der Waals surface area contributed by atoms with Crippen molar-refractivity contribution < 1.29 is 9.94 Å². The minimum absolute atomic E-state index is 0.327. The number of hydrogen-bond donors (Lipinski definition) is 2. The molecule has 1 rings (SSSR count). The Labute approximate surface area is 104 Å². The standard InChI is InChI=1S/C12H25N3O2/c1-15(7-3-2-6-12(13)14-16)9-11-5-4-8-17-10-11/h11,16H,2-10H2,1H3,(H2,13,14). The number of unbranched alkanes of at least 4 members (excludes halogenated alkanes) is 1. The SMILES string of the molecule is CN(CCCCC(N)=NO)CC1CCCOC1. The summed E-state index contributed by atoms with van der Waals surface area (Å²) in [6.07, 6.45) is 5.22. The van der Waals surface area contributed by atoms with E-state index in [2.05, 4.69) is 17.1 Å². The van der Waals surface area contributed by atoms with E-state index >= 15 is 0 Å². The molecule has 0 aromatic rings. The van der Waals surface area contributed by atoms with Gasteiger partial charge in [-0.1, -0.05) is 5.16 Å². The second kappa shape index (κ2) is 8.31. The molecule has 5 heteroatoms. The van der Waals surface area contributed by atoms with Crippen LogP contribution in [0.4, 0.5) is 0 Å². The average molecular weight is 243 g/mol. The molecule has 0 aromatic carbocycles. The van der Waals surface area contributed by atoms with Gasteiger partial charge in [-0.3, -0.25) is 0 Å². The second-order valence-electron chi connectivity index (χ2n) is 4.89. The summed E-state index contributed by atoms with van der Waals surface area (Å²) in [5.41, 5.74) is 5.41. The third-order valence-electron chi connectivity index (χ3n) is 3.18. The van der Waals surface area contributed by atoms with E-state index in [0.29, 0.717) is 18.2 Å². The van der Waals surface area contributed by atoms with Crippen LogP contribution in [0.25, 0.3) is 0 Å². The Kier molecular flexibility index (Phi) is 6.96. The van der Waals surface area contributed by atoms with E-state index in [1.54, 1.807) is 0 Å². The molecule has 1 aliphatic rings. The van der Waals surface area contributed by atoms with Gasteiger partial charge in [0.05, 0.1) is 6.61 Å². The van der Waals surface area contributed by atoms with Crippen LogP contribution in [-0.4, -0.2) is 49.3 Å². The van der Waals surface area contributed by atoms with E-state index in [4.69, 9.17) is 15.7 Å². The van der Waals surface area contributed by atoms with Gasteiger partial charge in [-0.15, -0.1) is 0 Å². The Bertz CT molecular complexity index is 228. The van der Waals surface area contributed by atoms with Gasteiger partial charge in [-0.05, 0) is 45.2 Å². The first kappa shape index (κ1) is 14.3. The first-order valence-corrected chi connectivity index (χ1v) is 6.45. The van der Waals surface area contributed by atoms with Gasteiger partial charge in [0, 0.05) is 19.6 Å². The predicted molar refractivity (Wildman–Crippen MR) is 68.3 cm³/mol. The summed E-state index contributed by atoms with van der Waals surface area (Å²) in [4.78, 5) is 2.35. The first-order chi connectivity index (χ1) is 8.22. The molecule has 5 nitrogen and oxygen atoms in total. The smallest absolute Gasteiger partial charge is 0.139 e. The average Bonchev–Trinajstić information content (AvgIpc) is 2.35. The van der Waals surface area contributed by atoms with Crippen LogP contribution in [0.15, 0.2) is 5.16 Å². The van der Waals surface area contributed by atoms with E-state index in [0.717, 1.165) is 39.1 Å². The molecule has 1 saturated heterocycles. The van der Waals surface area contributed by atoms with Crippen LogP contribution in [0.3, 0.4) is 0 Å². The molecular formula is C12H25N3O2. The number of rotatable bonds is 7. The Balaban J connectivity index is 2.02. The summed E-state index contributed by atoms with van der Waals surface area (Å²) in [6, 6.07) is 0. The maximum absolute atomic E-state index is 8.40. The van der Waals surface area contributed by atoms with Crippen molar-refractivity contribution >= 4 is 5.84 Å². The normalized spacial score (nSPS) is 22.0. The topological polar surface area (TPSA) is 71.1 Å². The molecule has 1 atom stereocenters. The van der Waals surface area contributed by atoms with Crippen molar-refractivity contribution in [3.8, 4) is 0 Å². The molecule has 1 fully saturated rings. The monoisotopic (exact) mass is 243 g/mol. The zero-order valence-corrected chi connectivity index (χ0v) is 10.8. The molecule has 17 heavy (non-hydrogen) atoms. The molecule has 1 heterocycles. The molecule has 0 bridgehead atoms. The zero-order chi connectivity index (χ0) is 12.5. The van der Waals surface area contributed by atoms with Crippen LogP contribution in [0.2, 0.25) is 0 Å². The lowest BCUT2D eigenvalue weighted by Gasteiger charge is -2.27. The summed E-state index contributed by atoms with van der Waals surface area (Å²) < 4.78 is 5.47. The molecule has 0 amide bonds. The molecule has 1 aliphatic heterocycles. The molecule has 100 valence electrons. The quantitative estimate of drug-likeness (QED) is 0.232. The fourth-order valence-corrected chi connectivity index (χ4v) is 2.22.